The third kappa shape index (κ3) is 2.34. The van der Waals surface area contributed by atoms with Crippen LogP contribution in [0.25, 0.3) is 0 Å². The maximum atomic E-state index is 13.8. The van der Waals surface area contributed by atoms with Crippen LogP contribution >= 0.6 is 15.9 Å². The van der Waals surface area contributed by atoms with Crippen LogP contribution in [0.1, 0.15) is 30.4 Å². The molecule has 0 aliphatic heterocycles. The fourth-order valence-corrected chi connectivity index (χ4v) is 1.77. The topological polar surface area (TPSA) is 26.0 Å². The van der Waals surface area contributed by atoms with Gasteiger partial charge in [0.05, 0.1) is 0 Å². The Morgan fingerprint density at radius 2 is 2.14 bits per heavy atom. The van der Waals surface area contributed by atoms with Crippen LogP contribution in [0.3, 0.4) is 0 Å². The molecule has 0 saturated carbocycles. The van der Waals surface area contributed by atoms with Crippen molar-refractivity contribution in [1.29, 1.82) is 0 Å². The molecular weight excluding hydrogens is 245 g/mol. The minimum atomic E-state index is -0.111. The minimum absolute atomic E-state index is 0.111. The highest BCUT2D eigenvalue weighted by atomic mass is 79.9. The van der Waals surface area contributed by atoms with Gasteiger partial charge in [-0.2, -0.15) is 0 Å². The molecule has 0 radical (unpaired) electrons. The Bertz CT molecular complexity index is 325. The first kappa shape index (κ1) is 11.7. The highest BCUT2D eigenvalue weighted by molar-refractivity contribution is 9.10. The molecule has 0 spiro atoms. The zero-order valence-electron chi connectivity index (χ0n) is 8.48. The van der Waals surface area contributed by atoms with E-state index in [0.717, 1.165) is 16.5 Å². The van der Waals surface area contributed by atoms with Crippen molar-refractivity contribution < 1.29 is 4.39 Å². The Labute approximate surface area is 92.6 Å². The lowest BCUT2D eigenvalue weighted by molar-refractivity contribution is 0.569. The smallest absolute Gasteiger partial charge is 0.130 e. The van der Waals surface area contributed by atoms with Gasteiger partial charge in [0, 0.05) is 4.47 Å². The average molecular weight is 260 g/mol. The maximum Gasteiger partial charge on any atom is 0.130 e. The zero-order chi connectivity index (χ0) is 10.7. The van der Waals surface area contributed by atoms with Crippen LogP contribution in [0.2, 0.25) is 0 Å². The molecule has 0 aliphatic carbocycles. The van der Waals surface area contributed by atoms with Gasteiger partial charge in [-0.15, -0.1) is 0 Å². The molecular formula is C11H15BrFN. The summed E-state index contributed by atoms with van der Waals surface area (Å²) < 4.78 is 14.6. The lowest BCUT2D eigenvalue weighted by atomic mass is 9.96. The van der Waals surface area contributed by atoms with E-state index in [2.05, 4.69) is 15.9 Å². The van der Waals surface area contributed by atoms with Gasteiger partial charge in [0.2, 0.25) is 0 Å². The third-order valence-electron chi connectivity index (χ3n) is 2.48. The lowest BCUT2D eigenvalue weighted by Gasteiger charge is -2.13. The first-order chi connectivity index (χ1) is 6.57. The normalized spacial score (nSPS) is 12.9. The van der Waals surface area contributed by atoms with Crippen molar-refractivity contribution >= 4 is 15.9 Å². The molecule has 78 valence electrons. The molecule has 1 aromatic rings. The molecule has 0 saturated heterocycles. The monoisotopic (exact) mass is 259 g/mol. The fraction of sp³-hybridized carbons (Fsp3) is 0.455. The highest BCUT2D eigenvalue weighted by Crippen LogP contribution is 2.27. The Kier molecular flexibility index (Phi) is 4.08. The van der Waals surface area contributed by atoms with Crippen molar-refractivity contribution in [1.82, 2.24) is 0 Å². The maximum absolute atomic E-state index is 13.8. The van der Waals surface area contributed by atoms with Crippen LogP contribution in [-0.4, -0.2) is 6.54 Å². The molecule has 0 fully saturated rings. The van der Waals surface area contributed by atoms with Gasteiger partial charge in [-0.05, 0) is 43.0 Å². The number of rotatable bonds is 3. The number of benzene rings is 1. The van der Waals surface area contributed by atoms with Gasteiger partial charge in [-0.3, -0.25) is 0 Å². The number of nitrogens with two attached hydrogens (primary N) is 1. The van der Waals surface area contributed by atoms with Gasteiger partial charge < -0.3 is 5.73 Å². The summed E-state index contributed by atoms with van der Waals surface area (Å²) in [5, 5.41) is 0. The summed E-state index contributed by atoms with van der Waals surface area (Å²) in [5.74, 6) is 0.0760. The standard InChI is InChI=1S/C11H15BrFN/c1-7(5-6-14)9-3-4-10(12)8(2)11(9)13/h3-4,7H,5-6,14H2,1-2H3. The van der Waals surface area contributed by atoms with E-state index in [9.17, 15) is 4.39 Å². The summed E-state index contributed by atoms with van der Waals surface area (Å²) in [7, 11) is 0. The molecule has 1 aromatic carbocycles. The molecule has 3 heteroatoms. The first-order valence-electron chi connectivity index (χ1n) is 4.72. The predicted molar refractivity (Wildman–Crippen MR) is 60.9 cm³/mol. The molecule has 2 N–H and O–H groups in total. The Morgan fingerprint density at radius 3 is 2.71 bits per heavy atom. The summed E-state index contributed by atoms with van der Waals surface area (Å²) in [5.41, 5.74) is 6.89. The molecule has 0 bridgehead atoms. The highest BCUT2D eigenvalue weighted by Gasteiger charge is 2.13. The lowest BCUT2D eigenvalue weighted by Crippen LogP contribution is -2.06. The van der Waals surface area contributed by atoms with E-state index in [1.54, 1.807) is 6.92 Å². The van der Waals surface area contributed by atoms with Crippen LogP contribution in [-0.2, 0) is 0 Å². The number of halogens is 2. The first-order valence-corrected chi connectivity index (χ1v) is 5.51. The van der Waals surface area contributed by atoms with Crippen LogP contribution in [0, 0.1) is 12.7 Å². The van der Waals surface area contributed by atoms with Crippen molar-refractivity contribution in [2.45, 2.75) is 26.2 Å². The Morgan fingerprint density at radius 1 is 1.50 bits per heavy atom. The third-order valence-corrected chi connectivity index (χ3v) is 3.34. The van der Waals surface area contributed by atoms with E-state index in [4.69, 9.17) is 5.73 Å². The fourth-order valence-electron chi connectivity index (χ4n) is 1.47. The molecule has 1 atom stereocenters. The van der Waals surface area contributed by atoms with Crippen LogP contribution in [0.15, 0.2) is 16.6 Å². The zero-order valence-corrected chi connectivity index (χ0v) is 10.1. The van der Waals surface area contributed by atoms with E-state index in [1.165, 1.54) is 0 Å². The van der Waals surface area contributed by atoms with E-state index in [-0.39, 0.29) is 11.7 Å². The second-order valence-corrected chi connectivity index (χ2v) is 4.41. The van der Waals surface area contributed by atoms with Gasteiger partial charge in [0.25, 0.3) is 0 Å². The quantitative estimate of drug-likeness (QED) is 0.886. The van der Waals surface area contributed by atoms with Crippen molar-refractivity contribution in [3.8, 4) is 0 Å². The molecule has 1 nitrogen and oxygen atoms in total. The van der Waals surface area contributed by atoms with Crippen molar-refractivity contribution in [3.63, 3.8) is 0 Å². The van der Waals surface area contributed by atoms with Gasteiger partial charge in [-0.1, -0.05) is 28.9 Å². The van der Waals surface area contributed by atoms with E-state index < -0.39 is 0 Å². The van der Waals surface area contributed by atoms with E-state index >= 15 is 0 Å². The Balaban J connectivity index is 3.04. The van der Waals surface area contributed by atoms with Gasteiger partial charge in [0.15, 0.2) is 0 Å². The largest absolute Gasteiger partial charge is 0.330 e. The second-order valence-electron chi connectivity index (χ2n) is 3.55. The summed E-state index contributed by atoms with van der Waals surface area (Å²) in [4.78, 5) is 0. The number of hydrogen-bond acceptors (Lipinski definition) is 1. The Hall–Kier alpha value is -0.410. The molecule has 1 unspecified atom stereocenters. The molecule has 0 aromatic heterocycles. The summed E-state index contributed by atoms with van der Waals surface area (Å²) >= 11 is 3.30. The summed E-state index contributed by atoms with van der Waals surface area (Å²) in [6, 6.07) is 3.72. The molecule has 0 aliphatic rings. The van der Waals surface area contributed by atoms with E-state index in [0.29, 0.717) is 12.1 Å². The van der Waals surface area contributed by atoms with Crippen LogP contribution in [0.5, 0.6) is 0 Å². The van der Waals surface area contributed by atoms with Crippen molar-refractivity contribution in [3.05, 3.63) is 33.5 Å². The van der Waals surface area contributed by atoms with Crippen LogP contribution < -0.4 is 5.73 Å². The molecule has 14 heavy (non-hydrogen) atoms. The van der Waals surface area contributed by atoms with Crippen molar-refractivity contribution in [2.24, 2.45) is 5.73 Å². The number of hydrogen-bond donors (Lipinski definition) is 1. The molecule has 1 rings (SSSR count). The minimum Gasteiger partial charge on any atom is -0.330 e. The summed E-state index contributed by atoms with van der Waals surface area (Å²) in [6.07, 6.45) is 0.817. The van der Waals surface area contributed by atoms with Gasteiger partial charge in [-0.25, -0.2) is 4.39 Å². The van der Waals surface area contributed by atoms with Gasteiger partial charge >= 0.3 is 0 Å². The van der Waals surface area contributed by atoms with Crippen molar-refractivity contribution in [2.75, 3.05) is 6.54 Å². The average Bonchev–Trinajstić information content (AvgIpc) is 2.15. The second kappa shape index (κ2) is 4.89. The van der Waals surface area contributed by atoms with Crippen LogP contribution in [0.4, 0.5) is 4.39 Å². The van der Waals surface area contributed by atoms with E-state index in [1.807, 2.05) is 19.1 Å². The SMILES string of the molecule is Cc1c(Br)ccc(C(C)CCN)c1F. The summed E-state index contributed by atoms with van der Waals surface area (Å²) in [6.45, 7) is 4.37. The van der Waals surface area contributed by atoms with Gasteiger partial charge in [0.1, 0.15) is 5.82 Å². The molecule has 0 heterocycles. The predicted octanol–water partition coefficient (Wildman–Crippen LogP) is 3.35. The molecule has 0 amide bonds.